The smallest absolute Gasteiger partial charge is 0.235 e. The molecule has 0 atom stereocenters. The molecule has 3 heteroatoms. The van der Waals surface area contributed by atoms with E-state index in [4.69, 9.17) is 9.97 Å². The van der Waals surface area contributed by atoms with Gasteiger partial charge in [-0.2, -0.15) is 0 Å². The van der Waals surface area contributed by atoms with E-state index in [9.17, 15) is 0 Å². The third-order valence-electron chi connectivity index (χ3n) is 8.63. The Morgan fingerprint density at radius 2 is 0.909 bits per heavy atom. The topological polar surface area (TPSA) is 30.7 Å². The fraction of sp³-hybridized carbons (Fsp3) is 0.0244. The van der Waals surface area contributed by atoms with Crippen LogP contribution >= 0.6 is 0 Å². The zero-order valence-corrected chi connectivity index (χ0v) is 24.1. The van der Waals surface area contributed by atoms with Crippen molar-refractivity contribution in [2.45, 2.75) is 5.41 Å². The van der Waals surface area contributed by atoms with Crippen LogP contribution in [0.3, 0.4) is 0 Å². The number of nitrogens with zero attached hydrogens (tertiary/aromatic N) is 3. The van der Waals surface area contributed by atoms with Crippen molar-refractivity contribution >= 4 is 21.8 Å². The number of fused-ring (bicyclic) bond motifs is 3. The first kappa shape index (κ1) is 25.9. The molecule has 2 heterocycles. The van der Waals surface area contributed by atoms with Crippen molar-refractivity contribution in [3.63, 3.8) is 0 Å². The van der Waals surface area contributed by atoms with Gasteiger partial charge in [0.1, 0.15) is 0 Å². The highest BCUT2D eigenvalue weighted by Gasteiger charge is 2.38. The standard InChI is InChI=1S/C41H29N3/c1-4-16-31(17-5-1)41(32-18-6-2-7-19-32,33-20-8-3-9-21-33)34-22-14-15-30(29-34)37-27-28-42-40(43-37)44-38-25-12-10-23-35(38)36-24-11-13-26-39(36)44/h1-29H. The Hall–Kier alpha value is -5.80. The van der Waals surface area contributed by atoms with Gasteiger partial charge in [0.15, 0.2) is 0 Å². The van der Waals surface area contributed by atoms with Gasteiger partial charge in [-0.25, -0.2) is 9.97 Å². The molecule has 0 saturated carbocycles. The van der Waals surface area contributed by atoms with Crippen molar-refractivity contribution in [1.29, 1.82) is 0 Å². The molecular weight excluding hydrogens is 534 g/mol. The summed E-state index contributed by atoms with van der Waals surface area (Å²) in [7, 11) is 0. The van der Waals surface area contributed by atoms with E-state index < -0.39 is 5.41 Å². The highest BCUT2D eigenvalue weighted by Crippen LogP contribution is 2.45. The molecule has 208 valence electrons. The molecule has 0 aliphatic rings. The van der Waals surface area contributed by atoms with Gasteiger partial charge in [-0.05, 0) is 46.5 Å². The second-order valence-electron chi connectivity index (χ2n) is 11.0. The second-order valence-corrected chi connectivity index (χ2v) is 11.0. The lowest BCUT2D eigenvalue weighted by Crippen LogP contribution is -2.31. The van der Waals surface area contributed by atoms with Crippen LogP contribution < -0.4 is 0 Å². The van der Waals surface area contributed by atoms with Gasteiger partial charge in [-0.15, -0.1) is 0 Å². The summed E-state index contributed by atoms with van der Waals surface area (Å²) in [5.74, 6) is 0.658. The molecule has 0 aliphatic heterocycles. The maximum absolute atomic E-state index is 5.18. The Bertz CT molecular complexity index is 2070. The van der Waals surface area contributed by atoms with Crippen LogP contribution in [0.25, 0.3) is 39.0 Å². The quantitative estimate of drug-likeness (QED) is 0.189. The van der Waals surface area contributed by atoms with Gasteiger partial charge in [-0.1, -0.05) is 146 Å². The summed E-state index contributed by atoms with van der Waals surface area (Å²) >= 11 is 0. The van der Waals surface area contributed by atoms with Gasteiger partial charge >= 0.3 is 0 Å². The highest BCUT2D eigenvalue weighted by atomic mass is 15.2. The van der Waals surface area contributed by atoms with Crippen LogP contribution in [0, 0.1) is 0 Å². The summed E-state index contributed by atoms with van der Waals surface area (Å²) in [6.07, 6.45) is 1.87. The lowest BCUT2D eigenvalue weighted by molar-refractivity contribution is 0.745. The lowest BCUT2D eigenvalue weighted by Gasteiger charge is -2.37. The summed E-state index contributed by atoms with van der Waals surface area (Å²) in [5.41, 5.74) is 8.39. The minimum absolute atomic E-state index is 0.525. The summed E-state index contributed by atoms with van der Waals surface area (Å²) in [6.45, 7) is 0. The molecule has 0 bridgehead atoms. The van der Waals surface area contributed by atoms with E-state index in [1.807, 2.05) is 12.3 Å². The van der Waals surface area contributed by atoms with Crippen molar-refractivity contribution in [1.82, 2.24) is 14.5 Å². The van der Waals surface area contributed by atoms with Crippen LogP contribution in [-0.4, -0.2) is 14.5 Å². The molecule has 0 fully saturated rings. The van der Waals surface area contributed by atoms with Gasteiger partial charge < -0.3 is 0 Å². The molecule has 44 heavy (non-hydrogen) atoms. The molecule has 3 nitrogen and oxygen atoms in total. The fourth-order valence-corrected chi connectivity index (χ4v) is 6.73. The maximum Gasteiger partial charge on any atom is 0.235 e. The molecular formula is C41H29N3. The van der Waals surface area contributed by atoms with Crippen molar-refractivity contribution in [2.75, 3.05) is 0 Å². The van der Waals surface area contributed by atoms with E-state index in [0.29, 0.717) is 5.95 Å². The summed E-state index contributed by atoms with van der Waals surface area (Å²) in [6, 6.07) is 60.2. The molecule has 8 aromatic rings. The second kappa shape index (κ2) is 10.8. The largest absolute Gasteiger partial charge is 0.278 e. The number of hydrogen-bond donors (Lipinski definition) is 0. The molecule has 8 rings (SSSR count). The Kier molecular flexibility index (Phi) is 6.35. The van der Waals surface area contributed by atoms with Crippen molar-refractivity contribution in [2.24, 2.45) is 0 Å². The molecule has 0 N–H and O–H groups in total. The van der Waals surface area contributed by atoms with Crippen LogP contribution in [0.15, 0.2) is 176 Å². The van der Waals surface area contributed by atoms with Crippen LogP contribution in [0.4, 0.5) is 0 Å². The van der Waals surface area contributed by atoms with E-state index in [1.165, 1.54) is 33.0 Å². The minimum Gasteiger partial charge on any atom is -0.278 e. The van der Waals surface area contributed by atoms with Gasteiger partial charge in [0.05, 0.1) is 22.1 Å². The monoisotopic (exact) mass is 563 g/mol. The van der Waals surface area contributed by atoms with Crippen LogP contribution in [0.5, 0.6) is 0 Å². The number of rotatable bonds is 6. The fourth-order valence-electron chi connectivity index (χ4n) is 6.73. The van der Waals surface area contributed by atoms with Crippen LogP contribution in [0.1, 0.15) is 22.3 Å². The van der Waals surface area contributed by atoms with Crippen LogP contribution in [0.2, 0.25) is 0 Å². The van der Waals surface area contributed by atoms with Crippen molar-refractivity contribution in [3.8, 4) is 17.2 Å². The van der Waals surface area contributed by atoms with E-state index in [1.54, 1.807) is 0 Å². The number of hydrogen-bond acceptors (Lipinski definition) is 2. The predicted molar refractivity (Wildman–Crippen MR) is 180 cm³/mol. The third kappa shape index (κ3) is 4.13. The predicted octanol–water partition coefficient (Wildman–Crippen LogP) is 9.62. The molecule has 0 radical (unpaired) electrons. The van der Waals surface area contributed by atoms with Crippen LogP contribution in [-0.2, 0) is 5.41 Å². The molecule has 6 aromatic carbocycles. The molecule has 0 spiro atoms. The average molecular weight is 564 g/mol. The van der Waals surface area contributed by atoms with Crippen molar-refractivity contribution in [3.05, 3.63) is 198 Å². The number of aromatic nitrogens is 3. The Morgan fingerprint density at radius 3 is 1.45 bits per heavy atom. The van der Waals surface area contributed by atoms with E-state index in [-0.39, 0.29) is 0 Å². The molecule has 0 saturated heterocycles. The summed E-state index contributed by atoms with van der Waals surface area (Å²) in [4.78, 5) is 9.95. The first-order valence-electron chi connectivity index (χ1n) is 14.9. The van der Waals surface area contributed by atoms with E-state index in [2.05, 4.69) is 168 Å². The minimum atomic E-state index is -0.525. The zero-order chi connectivity index (χ0) is 29.3. The molecule has 0 unspecified atom stereocenters. The Balaban J connectivity index is 1.35. The average Bonchev–Trinajstić information content (AvgIpc) is 3.45. The summed E-state index contributed by atoms with van der Waals surface area (Å²) < 4.78 is 2.17. The van der Waals surface area contributed by atoms with E-state index >= 15 is 0 Å². The number of para-hydroxylation sites is 2. The summed E-state index contributed by atoms with van der Waals surface area (Å²) in [5, 5.41) is 2.38. The zero-order valence-electron chi connectivity index (χ0n) is 24.1. The number of benzene rings is 6. The van der Waals surface area contributed by atoms with Gasteiger partial charge in [0.2, 0.25) is 5.95 Å². The molecule has 0 aliphatic carbocycles. The van der Waals surface area contributed by atoms with Gasteiger partial charge in [0.25, 0.3) is 0 Å². The highest BCUT2D eigenvalue weighted by molar-refractivity contribution is 6.08. The first-order valence-corrected chi connectivity index (χ1v) is 14.9. The van der Waals surface area contributed by atoms with E-state index in [0.717, 1.165) is 22.3 Å². The SMILES string of the molecule is c1ccc(C(c2ccccc2)(c2ccccc2)c2cccc(-c3ccnc(-n4c5ccccc5c5ccccc54)n3)c2)cc1. The Labute approximate surface area is 256 Å². The molecule has 0 amide bonds. The Morgan fingerprint density at radius 1 is 0.432 bits per heavy atom. The normalized spacial score (nSPS) is 11.6. The maximum atomic E-state index is 5.18. The van der Waals surface area contributed by atoms with Gasteiger partial charge in [0, 0.05) is 22.5 Å². The lowest BCUT2D eigenvalue weighted by atomic mass is 9.65. The molecule has 2 aromatic heterocycles. The first-order chi connectivity index (χ1) is 21.8. The van der Waals surface area contributed by atoms with Gasteiger partial charge in [-0.3, -0.25) is 4.57 Å². The van der Waals surface area contributed by atoms with Crippen molar-refractivity contribution < 1.29 is 0 Å². The third-order valence-corrected chi connectivity index (χ3v) is 8.63.